The number of rotatable bonds is 2. The van der Waals surface area contributed by atoms with Gasteiger partial charge in [0.05, 0.1) is 11.9 Å². The molecule has 0 radical (unpaired) electrons. The molecule has 2 rings (SSSR count). The molecule has 0 N–H and O–H groups in total. The highest BCUT2D eigenvalue weighted by atomic mass is 16.6. The van der Waals surface area contributed by atoms with Crippen LogP contribution in [0, 0.1) is 0 Å². The van der Waals surface area contributed by atoms with Gasteiger partial charge in [-0.1, -0.05) is 0 Å². The summed E-state index contributed by atoms with van der Waals surface area (Å²) in [6.45, 7) is 8.17. The Morgan fingerprint density at radius 2 is 1.90 bits per heavy atom. The fourth-order valence-corrected chi connectivity index (χ4v) is 2.16. The van der Waals surface area contributed by atoms with Gasteiger partial charge in [0.1, 0.15) is 5.60 Å². The second-order valence-electron chi connectivity index (χ2n) is 6.05. The highest BCUT2D eigenvalue weighted by Crippen LogP contribution is 2.17. The van der Waals surface area contributed by atoms with Crippen LogP contribution in [-0.2, 0) is 4.74 Å². The standard InChI is InChI=1S/C15H21N3O3/c1-15(2,3)21-14(20)18-6-4-17(5-7-18)13-8-12(11-19)9-16-10-13/h8-11H,4-7H2,1-3H3. The van der Waals surface area contributed by atoms with Gasteiger partial charge in [0.15, 0.2) is 6.29 Å². The number of piperazine rings is 1. The van der Waals surface area contributed by atoms with Gasteiger partial charge in [-0.05, 0) is 26.8 Å². The van der Waals surface area contributed by atoms with Crippen molar-refractivity contribution in [1.82, 2.24) is 9.88 Å². The molecule has 0 spiro atoms. The summed E-state index contributed by atoms with van der Waals surface area (Å²) < 4.78 is 5.36. The quantitative estimate of drug-likeness (QED) is 0.779. The van der Waals surface area contributed by atoms with Crippen molar-refractivity contribution >= 4 is 18.1 Å². The molecule has 0 atom stereocenters. The lowest BCUT2D eigenvalue weighted by Crippen LogP contribution is -2.50. The van der Waals surface area contributed by atoms with Gasteiger partial charge in [0.2, 0.25) is 0 Å². The molecule has 0 unspecified atom stereocenters. The van der Waals surface area contributed by atoms with Crippen LogP contribution in [0.2, 0.25) is 0 Å². The van der Waals surface area contributed by atoms with E-state index in [2.05, 4.69) is 9.88 Å². The van der Waals surface area contributed by atoms with Crippen LogP contribution in [0.25, 0.3) is 0 Å². The van der Waals surface area contributed by atoms with Crippen LogP contribution < -0.4 is 4.90 Å². The number of aldehydes is 1. The van der Waals surface area contributed by atoms with Gasteiger partial charge in [-0.15, -0.1) is 0 Å². The molecule has 1 aliphatic heterocycles. The van der Waals surface area contributed by atoms with Crippen LogP contribution in [0.15, 0.2) is 18.5 Å². The predicted molar refractivity (Wildman–Crippen MR) is 79.6 cm³/mol. The maximum absolute atomic E-state index is 12.0. The molecule has 1 saturated heterocycles. The third-order valence-corrected chi connectivity index (χ3v) is 3.18. The first-order valence-corrected chi connectivity index (χ1v) is 7.02. The normalized spacial score (nSPS) is 15.8. The molecule has 1 amide bonds. The summed E-state index contributed by atoms with van der Waals surface area (Å²) in [6.07, 6.45) is 3.78. The highest BCUT2D eigenvalue weighted by molar-refractivity contribution is 5.76. The Morgan fingerprint density at radius 3 is 2.48 bits per heavy atom. The lowest BCUT2D eigenvalue weighted by molar-refractivity contribution is 0.0240. The average Bonchev–Trinajstić information content (AvgIpc) is 2.46. The minimum absolute atomic E-state index is 0.276. The number of pyridine rings is 1. The van der Waals surface area contributed by atoms with E-state index < -0.39 is 5.60 Å². The van der Waals surface area contributed by atoms with Gasteiger partial charge in [-0.25, -0.2) is 4.79 Å². The summed E-state index contributed by atoms with van der Waals surface area (Å²) in [7, 11) is 0. The molecule has 0 aliphatic carbocycles. The van der Waals surface area contributed by atoms with Crippen molar-refractivity contribution in [3.05, 3.63) is 24.0 Å². The van der Waals surface area contributed by atoms with Crippen molar-refractivity contribution in [3.8, 4) is 0 Å². The average molecular weight is 291 g/mol. The minimum atomic E-state index is -0.476. The van der Waals surface area contributed by atoms with Crippen LogP contribution in [-0.4, -0.2) is 54.0 Å². The zero-order valence-corrected chi connectivity index (χ0v) is 12.7. The highest BCUT2D eigenvalue weighted by Gasteiger charge is 2.26. The lowest BCUT2D eigenvalue weighted by atomic mass is 10.2. The summed E-state index contributed by atoms with van der Waals surface area (Å²) in [6, 6.07) is 1.81. The molecular formula is C15H21N3O3. The summed E-state index contributed by atoms with van der Waals surface area (Å²) in [5, 5.41) is 0. The second kappa shape index (κ2) is 6.11. The van der Waals surface area contributed by atoms with Crippen molar-refractivity contribution in [3.63, 3.8) is 0 Å². The predicted octanol–water partition coefficient (Wildman–Crippen LogP) is 1.95. The molecule has 1 aromatic rings. The summed E-state index contributed by atoms with van der Waals surface area (Å²) in [4.78, 5) is 30.6. The first kappa shape index (κ1) is 15.3. The maximum Gasteiger partial charge on any atom is 0.410 e. The van der Waals surface area contributed by atoms with E-state index >= 15 is 0 Å². The molecule has 114 valence electrons. The van der Waals surface area contributed by atoms with Gasteiger partial charge in [0, 0.05) is 37.9 Å². The second-order valence-corrected chi connectivity index (χ2v) is 6.05. The van der Waals surface area contributed by atoms with E-state index in [0.717, 1.165) is 12.0 Å². The van der Waals surface area contributed by atoms with Crippen molar-refractivity contribution in [2.75, 3.05) is 31.1 Å². The van der Waals surface area contributed by atoms with E-state index in [-0.39, 0.29) is 6.09 Å². The fourth-order valence-electron chi connectivity index (χ4n) is 2.16. The van der Waals surface area contributed by atoms with Crippen LogP contribution in [0.5, 0.6) is 0 Å². The van der Waals surface area contributed by atoms with Gasteiger partial charge >= 0.3 is 6.09 Å². The third-order valence-electron chi connectivity index (χ3n) is 3.18. The minimum Gasteiger partial charge on any atom is -0.444 e. The van der Waals surface area contributed by atoms with Crippen LogP contribution >= 0.6 is 0 Å². The van der Waals surface area contributed by atoms with E-state index in [4.69, 9.17) is 4.74 Å². The SMILES string of the molecule is CC(C)(C)OC(=O)N1CCN(c2cncc(C=O)c2)CC1. The van der Waals surface area contributed by atoms with E-state index in [1.54, 1.807) is 11.1 Å². The smallest absolute Gasteiger partial charge is 0.410 e. The number of carbonyl (C=O) groups excluding carboxylic acids is 2. The lowest BCUT2D eigenvalue weighted by Gasteiger charge is -2.36. The zero-order valence-electron chi connectivity index (χ0n) is 12.7. The Kier molecular flexibility index (Phi) is 4.45. The largest absolute Gasteiger partial charge is 0.444 e. The number of hydrogen-bond donors (Lipinski definition) is 0. The van der Waals surface area contributed by atoms with Gasteiger partial charge in [0.25, 0.3) is 0 Å². The Bertz CT molecular complexity index is 517. The van der Waals surface area contributed by atoms with Crippen molar-refractivity contribution in [1.29, 1.82) is 0 Å². The first-order chi connectivity index (χ1) is 9.89. The fraction of sp³-hybridized carbons (Fsp3) is 0.533. The molecule has 2 heterocycles. The molecule has 0 bridgehead atoms. The Labute approximate surface area is 124 Å². The Morgan fingerprint density at radius 1 is 1.24 bits per heavy atom. The maximum atomic E-state index is 12.0. The topological polar surface area (TPSA) is 62.7 Å². The number of anilines is 1. The molecule has 21 heavy (non-hydrogen) atoms. The van der Waals surface area contributed by atoms with Crippen molar-refractivity contribution in [2.24, 2.45) is 0 Å². The molecule has 1 aliphatic rings. The number of hydrogen-bond acceptors (Lipinski definition) is 5. The molecule has 0 saturated carbocycles. The molecule has 1 fully saturated rings. The van der Waals surface area contributed by atoms with Crippen LogP contribution in [0.4, 0.5) is 10.5 Å². The van der Waals surface area contributed by atoms with E-state index in [0.29, 0.717) is 31.7 Å². The number of ether oxygens (including phenoxy) is 1. The number of nitrogens with zero attached hydrogens (tertiary/aromatic N) is 3. The van der Waals surface area contributed by atoms with Gasteiger partial charge in [-0.3, -0.25) is 9.78 Å². The number of aromatic nitrogens is 1. The molecule has 6 heteroatoms. The molecule has 1 aromatic heterocycles. The van der Waals surface area contributed by atoms with Crippen LogP contribution in [0.1, 0.15) is 31.1 Å². The van der Waals surface area contributed by atoms with E-state index in [1.807, 2.05) is 26.8 Å². The summed E-state index contributed by atoms with van der Waals surface area (Å²) in [5.41, 5.74) is 0.988. The zero-order chi connectivity index (χ0) is 15.5. The van der Waals surface area contributed by atoms with E-state index in [9.17, 15) is 9.59 Å². The molecular weight excluding hydrogens is 270 g/mol. The monoisotopic (exact) mass is 291 g/mol. The molecule has 6 nitrogen and oxygen atoms in total. The van der Waals surface area contributed by atoms with Crippen molar-refractivity contribution in [2.45, 2.75) is 26.4 Å². The number of carbonyl (C=O) groups is 2. The first-order valence-electron chi connectivity index (χ1n) is 7.02. The van der Waals surface area contributed by atoms with E-state index in [1.165, 1.54) is 6.20 Å². The van der Waals surface area contributed by atoms with Crippen molar-refractivity contribution < 1.29 is 14.3 Å². The van der Waals surface area contributed by atoms with Gasteiger partial charge in [-0.2, -0.15) is 0 Å². The van der Waals surface area contributed by atoms with Gasteiger partial charge < -0.3 is 14.5 Å². The number of amides is 1. The van der Waals surface area contributed by atoms with Crippen LogP contribution in [0.3, 0.4) is 0 Å². The molecule has 0 aromatic carbocycles. The summed E-state index contributed by atoms with van der Waals surface area (Å²) >= 11 is 0. The summed E-state index contributed by atoms with van der Waals surface area (Å²) in [5.74, 6) is 0. The third kappa shape index (κ3) is 4.18. The Hall–Kier alpha value is -2.11. The Balaban J connectivity index is 1.93.